The first-order chi connectivity index (χ1) is 4.36. The third-order valence-electron chi connectivity index (χ3n) is 1.24. The van der Waals surface area contributed by atoms with Gasteiger partial charge in [0, 0.05) is 17.7 Å². The van der Waals surface area contributed by atoms with Crippen LogP contribution in [0.25, 0.3) is 0 Å². The van der Waals surface area contributed by atoms with E-state index >= 15 is 0 Å². The first-order valence-electron chi connectivity index (χ1n) is 2.73. The maximum Gasteiger partial charge on any atom is 0.210 e. The number of nitrogens with zero attached hydrogens (tertiary/aromatic N) is 1. The van der Waals surface area contributed by atoms with E-state index in [-0.39, 0.29) is 0 Å². The van der Waals surface area contributed by atoms with Gasteiger partial charge < -0.3 is 4.90 Å². The molecule has 0 aromatic heterocycles. The predicted octanol–water partition coefficient (Wildman–Crippen LogP) is 0.756. The van der Waals surface area contributed by atoms with E-state index in [4.69, 9.17) is 11.6 Å². The molecule has 1 rings (SSSR count). The zero-order chi connectivity index (χ0) is 6.69. The van der Waals surface area contributed by atoms with Crippen molar-refractivity contribution >= 4 is 29.8 Å². The molecule has 4 heteroatoms. The molecule has 52 valence electrons. The number of hydrogen-bond acceptors (Lipinski definition) is 2. The first-order valence-corrected chi connectivity index (χ1v) is 4.32. The van der Waals surface area contributed by atoms with Gasteiger partial charge in [-0.15, -0.1) is 23.4 Å². The molecule has 0 aromatic rings. The lowest BCUT2D eigenvalue weighted by Crippen LogP contribution is -2.20. The number of hydrogen-bond donors (Lipinski definition) is 0. The number of carbonyl (C=O) groups excluding carboxylic acids is 1. The highest BCUT2D eigenvalue weighted by Gasteiger charge is 2.19. The molecule has 1 amide bonds. The Morgan fingerprint density at radius 1 is 1.89 bits per heavy atom. The molecule has 1 atom stereocenters. The fourth-order valence-electron chi connectivity index (χ4n) is 0.735. The topological polar surface area (TPSA) is 20.3 Å². The van der Waals surface area contributed by atoms with Gasteiger partial charge in [0.25, 0.3) is 0 Å². The maximum absolute atomic E-state index is 10.1. The molecule has 1 unspecified atom stereocenters. The molecule has 1 saturated heterocycles. The summed E-state index contributed by atoms with van der Waals surface area (Å²) in [5.41, 5.74) is 0. The Kier molecular flexibility index (Phi) is 2.66. The van der Waals surface area contributed by atoms with Gasteiger partial charge in [-0.1, -0.05) is 0 Å². The normalized spacial score (nSPS) is 26.8. The molecule has 1 aliphatic heterocycles. The Bertz CT molecular complexity index is 111. The van der Waals surface area contributed by atoms with Crippen molar-refractivity contribution in [2.45, 2.75) is 5.25 Å². The molecule has 0 bridgehead atoms. The smallest absolute Gasteiger partial charge is 0.210 e. The monoisotopic (exact) mass is 165 g/mol. The van der Waals surface area contributed by atoms with Crippen molar-refractivity contribution in [1.29, 1.82) is 0 Å². The summed E-state index contributed by atoms with van der Waals surface area (Å²) in [6.45, 7) is 0.817. The molecule has 1 fully saturated rings. The minimum absolute atomic E-state index is 0.455. The van der Waals surface area contributed by atoms with Gasteiger partial charge >= 0.3 is 0 Å². The summed E-state index contributed by atoms with van der Waals surface area (Å²) in [5, 5.41) is 0.455. The van der Waals surface area contributed by atoms with Crippen molar-refractivity contribution in [2.24, 2.45) is 0 Å². The van der Waals surface area contributed by atoms with Gasteiger partial charge in [0.2, 0.25) is 6.41 Å². The molecular formula is C5H8ClNOS. The lowest BCUT2D eigenvalue weighted by Gasteiger charge is -2.04. The van der Waals surface area contributed by atoms with Crippen LogP contribution in [0.1, 0.15) is 0 Å². The number of thioether (sulfide) groups is 1. The van der Waals surface area contributed by atoms with E-state index in [0.29, 0.717) is 11.1 Å². The molecule has 1 heterocycles. The molecule has 0 N–H and O–H groups in total. The van der Waals surface area contributed by atoms with Crippen molar-refractivity contribution in [2.75, 3.05) is 18.3 Å². The van der Waals surface area contributed by atoms with Crippen LogP contribution in [0.4, 0.5) is 0 Å². The summed E-state index contributed by atoms with van der Waals surface area (Å²) in [4.78, 5) is 11.9. The van der Waals surface area contributed by atoms with Crippen molar-refractivity contribution in [3.05, 3.63) is 0 Å². The Balaban J connectivity index is 2.28. The van der Waals surface area contributed by atoms with Crippen LogP contribution < -0.4 is 0 Å². The van der Waals surface area contributed by atoms with Gasteiger partial charge in [0.05, 0.1) is 5.88 Å². The van der Waals surface area contributed by atoms with Crippen molar-refractivity contribution in [3.8, 4) is 0 Å². The second kappa shape index (κ2) is 3.32. The van der Waals surface area contributed by atoms with E-state index in [2.05, 4.69) is 0 Å². The van der Waals surface area contributed by atoms with E-state index in [9.17, 15) is 4.79 Å². The Labute approximate surface area is 63.5 Å². The highest BCUT2D eigenvalue weighted by Crippen LogP contribution is 2.21. The molecule has 0 aliphatic carbocycles. The average Bonchev–Trinajstić information content (AvgIpc) is 2.34. The van der Waals surface area contributed by atoms with Crippen LogP contribution in [0.2, 0.25) is 0 Å². The number of rotatable bonds is 2. The molecule has 0 spiro atoms. The summed E-state index contributed by atoms with van der Waals surface area (Å²) >= 11 is 7.30. The third kappa shape index (κ3) is 1.76. The summed E-state index contributed by atoms with van der Waals surface area (Å²) in [6.07, 6.45) is 0.875. The van der Waals surface area contributed by atoms with Crippen molar-refractivity contribution in [3.63, 3.8) is 0 Å². The highest BCUT2D eigenvalue weighted by atomic mass is 35.5. The van der Waals surface area contributed by atoms with Gasteiger partial charge in [-0.25, -0.2) is 0 Å². The van der Waals surface area contributed by atoms with Crippen LogP contribution in [0, 0.1) is 0 Å². The zero-order valence-corrected chi connectivity index (χ0v) is 6.49. The number of carbonyl (C=O) groups is 1. The van der Waals surface area contributed by atoms with Gasteiger partial charge in [-0.2, -0.15) is 0 Å². The van der Waals surface area contributed by atoms with E-state index < -0.39 is 0 Å². The molecule has 0 radical (unpaired) electrons. The second-order valence-corrected chi connectivity index (χ2v) is 3.52. The molecule has 1 aliphatic rings. The van der Waals surface area contributed by atoms with E-state index in [1.807, 2.05) is 0 Å². The van der Waals surface area contributed by atoms with E-state index in [1.165, 1.54) is 0 Å². The van der Waals surface area contributed by atoms with Crippen molar-refractivity contribution < 1.29 is 4.79 Å². The van der Waals surface area contributed by atoms with Crippen LogP contribution in [0.15, 0.2) is 0 Å². The lowest BCUT2D eigenvalue weighted by atomic mass is 10.4. The maximum atomic E-state index is 10.1. The summed E-state index contributed by atoms with van der Waals surface area (Å²) in [5.74, 6) is 1.45. The molecule has 0 saturated carbocycles. The standard InChI is InChI=1S/C5H8ClNOS/c6-1-5-2-7(3-8)4-9-5/h3,5H,1-2,4H2. The third-order valence-corrected chi connectivity index (χ3v) is 3.06. The zero-order valence-electron chi connectivity index (χ0n) is 4.92. The summed E-state index contributed by atoms with van der Waals surface area (Å²) in [6, 6.07) is 0. The molecule has 2 nitrogen and oxygen atoms in total. The highest BCUT2D eigenvalue weighted by molar-refractivity contribution is 8.00. The fraction of sp³-hybridized carbons (Fsp3) is 0.800. The van der Waals surface area contributed by atoms with E-state index in [1.54, 1.807) is 16.7 Å². The number of alkyl halides is 1. The first kappa shape index (κ1) is 7.22. The van der Waals surface area contributed by atoms with E-state index in [0.717, 1.165) is 18.8 Å². The largest absolute Gasteiger partial charge is 0.335 e. The lowest BCUT2D eigenvalue weighted by molar-refractivity contribution is -0.116. The minimum Gasteiger partial charge on any atom is -0.335 e. The van der Waals surface area contributed by atoms with Crippen LogP contribution in [0.5, 0.6) is 0 Å². The SMILES string of the molecule is O=CN1CSC(CCl)C1. The molecule has 9 heavy (non-hydrogen) atoms. The Hall–Kier alpha value is 0.110. The van der Waals surface area contributed by atoms with Crippen molar-refractivity contribution in [1.82, 2.24) is 4.90 Å². The number of halogens is 1. The summed E-state index contributed by atoms with van der Waals surface area (Å²) in [7, 11) is 0. The Morgan fingerprint density at radius 3 is 3.00 bits per heavy atom. The molecular weight excluding hydrogens is 158 g/mol. The quantitative estimate of drug-likeness (QED) is 0.445. The number of amides is 1. The summed E-state index contributed by atoms with van der Waals surface area (Å²) < 4.78 is 0. The van der Waals surface area contributed by atoms with Crippen LogP contribution in [-0.2, 0) is 4.79 Å². The van der Waals surface area contributed by atoms with Gasteiger partial charge in [0.15, 0.2) is 0 Å². The predicted molar refractivity (Wildman–Crippen MR) is 39.7 cm³/mol. The van der Waals surface area contributed by atoms with Crippen LogP contribution in [-0.4, -0.2) is 34.9 Å². The fourth-order valence-corrected chi connectivity index (χ4v) is 2.05. The van der Waals surface area contributed by atoms with Gasteiger partial charge in [0.1, 0.15) is 0 Å². The second-order valence-electron chi connectivity index (χ2n) is 1.95. The minimum atomic E-state index is 0.455. The van der Waals surface area contributed by atoms with Gasteiger partial charge in [-0.3, -0.25) is 4.79 Å². The van der Waals surface area contributed by atoms with Crippen LogP contribution >= 0.6 is 23.4 Å². The molecule has 0 aromatic carbocycles. The average molecular weight is 166 g/mol. The van der Waals surface area contributed by atoms with Crippen LogP contribution in [0.3, 0.4) is 0 Å². The van der Waals surface area contributed by atoms with Gasteiger partial charge in [-0.05, 0) is 0 Å². The Morgan fingerprint density at radius 2 is 2.67 bits per heavy atom.